The van der Waals surface area contributed by atoms with Crippen LogP contribution in [0.3, 0.4) is 0 Å². The molecular weight excluding hydrogens is 226 g/mol. The first-order valence-electron chi connectivity index (χ1n) is 1.03. The molecule has 0 aliphatic heterocycles. The molecule has 0 spiro atoms. The molecule has 0 radical (unpaired) electrons. The van der Waals surface area contributed by atoms with Gasteiger partial charge >= 0.3 is 0 Å². The van der Waals surface area contributed by atoms with E-state index >= 15 is 0 Å². The first-order valence-corrected chi connectivity index (χ1v) is 5.84. The van der Waals surface area contributed by atoms with Gasteiger partial charge in [0.15, 0.2) is 3.75 Å². The summed E-state index contributed by atoms with van der Waals surface area (Å²) in [5.41, 5.74) is 0. The lowest BCUT2D eigenvalue weighted by Gasteiger charge is -1.69. The van der Waals surface area contributed by atoms with E-state index in [1.165, 1.54) is 0 Å². The van der Waals surface area contributed by atoms with Gasteiger partial charge in [0.05, 0.1) is 0 Å². The molecule has 40 valence electrons. The smallest absolute Gasteiger partial charge is 0.162 e. The number of halogens is 4. The molecule has 0 bridgehead atoms. The van der Waals surface area contributed by atoms with Crippen molar-refractivity contribution in [2.24, 2.45) is 0 Å². The van der Waals surface area contributed by atoms with Crippen molar-refractivity contribution in [2.45, 2.75) is 3.75 Å². The first kappa shape index (κ1) is 10.5. The minimum atomic E-state index is -0.410. The summed E-state index contributed by atoms with van der Waals surface area (Å²) in [6, 6.07) is 0. The fourth-order valence-corrected chi connectivity index (χ4v) is 0. The van der Waals surface area contributed by atoms with Crippen LogP contribution >= 0.6 is 50.2 Å². The average Bonchev–Trinajstić information content (AvgIpc) is 1.41. The summed E-state index contributed by atoms with van der Waals surface area (Å²) in [6.45, 7) is 0. The predicted octanol–water partition coefficient (Wildman–Crippen LogP) is 1.65. The van der Waals surface area contributed by atoms with Crippen LogP contribution in [0.1, 0.15) is 0 Å². The van der Waals surface area contributed by atoms with Gasteiger partial charge < -0.3 is 0 Å². The van der Waals surface area contributed by atoms with Crippen molar-refractivity contribution in [3.8, 4) is 0 Å². The van der Waals surface area contributed by atoms with Crippen LogP contribution < -0.4 is 0 Å². The fraction of sp³-hybridized carbons (Fsp3) is 1.00. The van der Waals surface area contributed by atoms with E-state index in [1.54, 1.807) is 0 Å². The number of hydrogen-bond donors (Lipinski definition) is 0. The van der Waals surface area contributed by atoms with Crippen molar-refractivity contribution in [2.75, 3.05) is 0 Å². The zero-order chi connectivity index (χ0) is 5.58. The van der Waals surface area contributed by atoms with E-state index in [1.807, 2.05) is 0 Å². The van der Waals surface area contributed by atoms with Gasteiger partial charge in [-0.2, -0.15) is 11.1 Å². The lowest BCUT2D eigenvalue weighted by atomic mass is 11.9. The molecule has 0 atom stereocenters. The lowest BCUT2D eigenvalue weighted by molar-refractivity contribution is 2.06. The van der Waals surface area contributed by atoms with Crippen LogP contribution in [0.15, 0.2) is 0 Å². The molecule has 0 aromatic carbocycles. The highest BCUT2D eigenvalue weighted by Crippen LogP contribution is 2.07. The maximum Gasteiger partial charge on any atom is 0.162 e. The number of rotatable bonds is 0. The van der Waals surface area contributed by atoms with Crippen molar-refractivity contribution in [3.05, 3.63) is 0 Å². The molecule has 0 unspecified atom stereocenters. The molecule has 0 N–H and O–H groups in total. The van der Waals surface area contributed by atoms with Gasteiger partial charge in [0.1, 0.15) is 9.55 Å². The van der Waals surface area contributed by atoms with Crippen LogP contribution in [0, 0.1) is 0 Å². The van der Waals surface area contributed by atoms with Crippen LogP contribution in [-0.4, -0.2) is 13.3 Å². The summed E-state index contributed by atoms with van der Waals surface area (Å²) in [6.07, 6.45) is 0. The molecule has 0 aliphatic carbocycles. The second kappa shape index (κ2) is 9.76. The molecule has 0 amide bonds. The molecule has 0 aromatic heterocycles. The van der Waals surface area contributed by atoms with E-state index in [-0.39, 0.29) is 0 Å². The molecule has 5 heteroatoms. The van der Waals surface area contributed by atoms with Crippen LogP contribution in [0.2, 0.25) is 0 Å². The highest BCUT2D eigenvalue weighted by molar-refractivity contribution is 9.10. The first-order chi connectivity index (χ1) is 2.73. The second-order valence-corrected chi connectivity index (χ2v) is 3.31. The topological polar surface area (TPSA) is 0 Å². The van der Waals surface area contributed by atoms with Crippen LogP contribution in [0.25, 0.3) is 0 Å². The largest absolute Gasteiger partial charge is 0.181 e. The van der Waals surface area contributed by atoms with Crippen molar-refractivity contribution in [1.82, 2.24) is 0 Å². The Bertz CT molecular complexity index is 15.5. The molecule has 0 aromatic rings. The summed E-state index contributed by atoms with van der Waals surface area (Å²) in [7, 11) is 0.778. The normalized spacial score (nSPS) is 7.50. The summed E-state index contributed by atoms with van der Waals surface area (Å²) >= 11 is 17.5. The zero-order valence-electron chi connectivity index (χ0n) is 3.09. The molecule has 0 saturated heterocycles. The molecular formula is CH4BrCl3Si. The zero-order valence-corrected chi connectivity index (χ0v) is 8.94. The van der Waals surface area contributed by atoms with Gasteiger partial charge in [-0.25, -0.2) is 0 Å². The lowest BCUT2D eigenvalue weighted by Crippen LogP contribution is -1.53. The Morgan fingerprint density at radius 3 is 1.33 bits per heavy atom. The predicted molar refractivity (Wildman–Crippen MR) is 40.2 cm³/mol. The standard InChI is InChI=1S/CHBrCl2.ClH3Si/c2-1(3)4;1-2/h1H;2H3. The summed E-state index contributed by atoms with van der Waals surface area (Å²) in [4.78, 5) is 0. The van der Waals surface area contributed by atoms with Crippen LogP contribution in [-0.2, 0) is 0 Å². The molecule has 0 nitrogen and oxygen atoms in total. The molecule has 0 fully saturated rings. The van der Waals surface area contributed by atoms with Crippen molar-refractivity contribution in [1.29, 1.82) is 0 Å². The van der Waals surface area contributed by atoms with Crippen molar-refractivity contribution >= 4 is 59.8 Å². The van der Waals surface area contributed by atoms with Crippen LogP contribution in [0.5, 0.6) is 0 Å². The molecule has 0 rings (SSSR count). The average molecular weight is 230 g/mol. The van der Waals surface area contributed by atoms with E-state index < -0.39 is 3.75 Å². The molecule has 0 saturated carbocycles. The van der Waals surface area contributed by atoms with Gasteiger partial charge in [-0.3, -0.25) is 0 Å². The van der Waals surface area contributed by atoms with Gasteiger partial charge in [-0.05, 0) is 0 Å². The highest BCUT2D eigenvalue weighted by atomic mass is 79.9. The third-order valence-electron chi connectivity index (χ3n) is 0. The Morgan fingerprint density at radius 1 is 1.33 bits per heavy atom. The minimum absolute atomic E-state index is 0.410. The minimum Gasteiger partial charge on any atom is -0.181 e. The Labute approximate surface area is 63.4 Å². The van der Waals surface area contributed by atoms with Gasteiger partial charge in [0, 0.05) is 0 Å². The molecule has 0 heterocycles. The second-order valence-electron chi connectivity index (χ2n) is 0.247. The van der Waals surface area contributed by atoms with Crippen molar-refractivity contribution in [3.63, 3.8) is 0 Å². The van der Waals surface area contributed by atoms with Gasteiger partial charge in [-0.1, -0.05) is 39.1 Å². The molecule has 0 aliphatic rings. The Morgan fingerprint density at radius 2 is 1.33 bits per heavy atom. The van der Waals surface area contributed by atoms with Crippen molar-refractivity contribution < 1.29 is 0 Å². The Balaban J connectivity index is 0. The third kappa shape index (κ3) is 47.3. The number of hydrogen-bond acceptors (Lipinski definition) is 0. The molecule has 6 heavy (non-hydrogen) atoms. The highest BCUT2D eigenvalue weighted by Gasteiger charge is 1.78. The quantitative estimate of drug-likeness (QED) is 0.337. The monoisotopic (exact) mass is 228 g/mol. The fourth-order valence-electron chi connectivity index (χ4n) is 0. The summed E-state index contributed by atoms with van der Waals surface area (Å²) in [5, 5.41) is 0. The van der Waals surface area contributed by atoms with Gasteiger partial charge in [0.2, 0.25) is 0 Å². The Hall–Kier alpha value is 1.57. The van der Waals surface area contributed by atoms with E-state index in [0.717, 1.165) is 9.55 Å². The van der Waals surface area contributed by atoms with E-state index in [0.29, 0.717) is 0 Å². The Kier molecular flexibility index (Phi) is 17.1. The third-order valence-corrected chi connectivity index (χ3v) is 0. The van der Waals surface area contributed by atoms with Gasteiger partial charge in [0.25, 0.3) is 0 Å². The number of alkyl halides is 3. The SMILES string of the molecule is ClC(Cl)Br.[SiH3]Cl. The summed E-state index contributed by atoms with van der Waals surface area (Å²) in [5.74, 6) is 0. The van der Waals surface area contributed by atoms with E-state index in [2.05, 4.69) is 15.9 Å². The maximum atomic E-state index is 4.96. The van der Waals surface area contributed by atoms with Gasteiger partial charge in [-0.15, -0.1) is 0 Å². The van der Waals surface area contributed by atoms with E-state index in [9.17, 15) is 0 Å². The van der Waals surface area contributed by atoms with E-state index in [4.69, 9.17) is 34.3 Å². The maximum absolute atomic E-state index is 4.96. The van der Waals surface area contributed by atoms with Crippen LogP contribution in [0.4, 0.5) is 0 Å². The summed E-state index contributed by atoms with van der Waals surface area (Å²) < 4.78 is -0.410.